The number of rotatable bonds is 4. The van der Waals surface area contributed by atoms with Gasteiger partial charge in [-0.3, -0.25) is 14.9 Å². The van der Waals surface area contributed by atoms with E-state index < -0.39 is 17.8 Å². The van der Waals surface area contributed by atoms with Gasteiger partial charge < -0.3 is 4.90 Å². The van der Waals surface area contributed by atoms with Crippen LogP contribution in [0.5, 0.6) is 0 Å². The molecule has 4 amide bonds. The van der Waals surface area contributed by atoms with Crippen molar-refractivity contribution in [1.82, 2.24) is 5.32 Å². The number of halogens is 3. The predicted molar refractivity (Wildman–Crippen MR) is 142 cm³/mol. The van der Waals surface area contributed by atoms with E-state index in [2.05, 4.69) is 37.1 Å². The van der Waals surface area contributed by atoms with Crippen LogP contribution in [-0.2, 0) is 9.59 Å². The van der Waals surface area contributed by atoms with Crippen molar-refractivity contribution < 1.29 is 14.4 Å². The van der Waals surface area contributed by atoms with Crippen molar-refractivity contribution in [3.63, 3.8) is 0 Å². The zero-order valence-corrected chi connectivity index (χ0v) is 22.0. The van der Waals surface area contributed by atoms with Gasteiger partial charge in [0, 0.05) is 27.8 Å². The zero-order chi connectivity index (χ0) is 25.7. The van der Waals surface area contributed by atoms with Crippen LogP contribution < -0.4 is 15.1 Å². The predicted octanol–water partition coefficient (Wildman–Crippen LogP) is 6.73. The third kappa shape index (κ3) is 4.58. The van der Waals surface area contributed by atoms with E-state index in [4.69, 9.17) is 34.8 Å². The van der Waals surface area contributed by atoms with Crippen molar-refractivity contribution >= 4 is 75.7 Å². The molecule has 0 unspecified atom stereocenters. The third-order valence-electron chi connectivity index (χ3n) is 6.10. The maximum atomic E-state index is 13.3. The minimum absolute atomic E-state index is 0.0981. The largest absolute Gasteiger partial charge is 0.362 e. The number of amides is 4. The van der Waals surface area contributed by atoms with Gasteiger partial charge in [0.2, 0.25) is 0 Å². The SMILES string of the molecule is CCCN1c2cc(Cl)c(/C=C3/C(=O)NC(=O)N(c4ccc(Cl)cc4Cl)C3=O)cc2C(C)=CC1(C)C. The summed E-state index contributed by atoms with van der Waals surface area (Å²) in [5.74, 6) is -1.62. The van der Waals surface area contributed by atoms with Crippen LogP contribution in [0.25, 0.3) is 11.6 Å². The highest BCUT2D eigenvalue weighted by molar-refractivity contribution is 6.43. The molecule has 1 saturated heterocycles. The van der Waals surface area contributed by atoms with E-state index in [-0.39, 0.29) is 21.8 Å². The van der Waals surface area contributed by atoms with Crippen molar-refractivity contribution in [2.24, 2.45) is 0 Å². The summed E-state index contributed by atoms with van der Waals surface area (Å²) in [7, 11) is 0. The summed E-state index contributed by atoms with van der Waals surface area (Å²) >= 11 is 18.8. The highest BCUT2D eigenvalue weighted by Crippen LogP contribution is 2.42. The first-order chi connectivity index (χ1) is 16.4. The lowest BCUT2D eigenvalue weighted by Gasteiger charge is -2.43. The molecule has 0 saturated carbocycles. The van der Waals surface area contributed by atoms with Crippen molar-refractivity contribution in [1.29, 1.82) is 0 Å². The van der Waals surface area contributed by atoms with Crippen LogP contribution >= 0.6 is 34.8 Å². The molecule has 0 radical (unpaired) electrons. The minimum Gasteiger partial charge on any atom is -0.362 e. The molecule has 2 heterocycles. The van der Waals surface area contributed by atoms with E-state index in [1.807, 2.05) is 19.1 Å². The Kier molecular flexibility index (Phi) is 6.75. The van der Waals surface area contributed by atoms with Crippen molar-refractivity contribution in [2.75, 3.05) is 16.3 Å². The fraction of sp³-hybridized carbons (Fsp3) is 0.269. The molecule has 35 heavy (non-hydrogen) atoms. The van der Waals surface area contributed by atoms with Crippen LogP contribution in [0.3, 0.4) is 0 Å². The Bertz CT molecular complexity index is 1330. The number of benzene rings is 2. The standard InChI is InChI=1S/C26H24Cl3N3O3/c1-5-8-31-22-12-19(28)15(9-17(22)14(2)13-26(31,3)4)10-18-23(33)30-25(35)32(24(18)34)21-7-6-16(27)11-20(21)29/h6-7,9-13H,5,8H2,1-4H3,(H,30,33,35)/b18-10-. The van der Waals surface area contributed by atoms with Crippen molar-refractivity contribution in [3.8, 4) is 0 Å². The number of allylic oxidation sites excluding steroid dienone is 1. The molecule has 1 fully saturated rings. The molecule has 0 atom stereocenters. The molecule has 2 aliphatic heterocycles. The summed E-state index contributed by atoms with van der Waals surface area (Å²) in [4.78, 5) is 41.6. The topological polar surface area (TPSA) is 69.7 Å². The highest BCUT2D eigenvalue weighted by Gasteiger charge is 2.38. The molecule has 1 N–H and O–H groups in total. The molecular formula is C26H24Cl3N3O3. The van der Waals surface area contributed by atoms with Crippen LogP contribution in [0.1, 0.15) is 45.2 Å². The molecule has 2 aliphatic rings. The van der Waals surface area contributed by atoms with E-state index in [1.54, 1.807) is 0 Å². The Morgan fingerprint density at radius 3 is 2.37 bits per heavy atom. The van der Waals surface area contributed by atoms with Gasteiger partial charge in [0.25, 0.3) is 11.8 Å². The monoisotopic (exact) mass is 531 g/mol. The first-order valence-electron chi connectivity index (χ1n) is 11.1. The second-order valence-electron chi connectivity index (χ2n) is 9.08. The molecule has 2 aromatic carbocycles. The number of carbonyl (C=O) groups excluding carboxylic acids is 3. The smallest absolute Gasteiger partial charge is 0.335 e. The maximum Gasteiger partial charge on any atom is 0.335 e. The molecule has 4 rings (SSSR count). The highest BCUT2D eigenvalue weighted by atomic mass is 35.5. The van der Waals surface area contributed by atoms with Crippen molar-refractivity contribution in [2.45, 2.75) is 39.7 Å². The lowest BCUT2D eigenvalue weighted by Crippen LogP contribution is -2.54. The fourth-order valence-corrected chi connectivity index (χ4v) is 5.26. The van der Waals surface area contributed by atoms with Gasteiger partial charge in [-0.25, -0.2) is 9.69 Å². The van der Waals surface area contributed by atoms with Gasteiger partial charge >= 0.3 is 6.03 Å². The van der Waals surface area contributed by atoms with Gasteiger partial charge in [-0.05, 0) is 74.7 Å². The number of hydrogen-bond acceptors (Lipinski definition) is 4. The van der Waals surface area contributed by atoms with Crippen LogP contribution in [0.4, 0.5) is 16.2 Å². The van der Waals surface area contributed by atoms with E-state index in [9.17, 15) is 14.4 Å². The molecular weight excluding hydrogens is 509 g/mol. The van der Waals surface area contributed by atoms with Crippen LogP contribution in [0.2, 0.25) is 15.1 Å². The third-order valence-corrected chi connectivity index (χ3v) is 6.96. The first kappa shape index (κ1) is 25.3. The second-order valence-corrected chi connectivity index (χ2v) is 10.3. The molecule has 182 valence electrons. The summed E-state index contributed by atoms with van der Waals surface area (Å²) in [6.07, 6.45) is 4.56. The number of nitrogens with zero attached hydrogens (tertiary/aromatic N) is 2. The van der Waals surface area contributed by atoms with Gasteiger partial charge in [-0.2, -0.15) is 0 Å². The Hall–Kier alpha value is -2.80. The number of hydrogen-bond donors (Lipinski definition) is 1. The lowest BCUT2D eigenvalue weighted by molar-refractivity contribution is -0.122. The van der Waals surface area contributed by atoms with E-state index in [1.165, 1.54) is 24.3 Å². The Morgan fingerprint density at radius 1 is 1.00 bits per heavy atom. The summed E-state index contributed by atoms with van der Waals surface area (Å²) in [5, 5.41) is 3.03. The number of urea groups is 1. The van der Waals surface area contributed by atoms with Crippen LogP contribution in [0.15, 0.2) is 42.0 Å². The number of fused-ring (bicyclic) bond motifs is 1. The number of carbonyl (C=O) groups is 3. The van der Waals surface area contributed by atoms with E-state index in [0.717, 1.165) is 34.7 Å². The zero-order valence-electron chi connectivity index (χ0n) is 19.7. The normalized spacial score (nSPS) is 18.5. The van der Waals surface area contributed by atoms with Crippen molar-refractivity contribution in [3.05, 3.63) is 68.2 Å². The Labute approximate surface area is 219 Å². The van der Waals surface area contributed by atoms with Gasteiger partial charge in [-0.1, -0.05) is 47.8 Å². The molecule has 2 aromatic rings. The number of nitrogens with one attached hydrogen (secondary N) is 1. The second kappa shape index (κ2) is 9.34. The Morgan fingerprint density at radius 2 is 1.71 bits per heavy atom. The van der Waals surface area contributed by atoms with Gasteiger partial charge in [0.05, 0.1) is 16.2 Å². The molecule has 0 spiro atoms. The average molecular weight is 533 g/mol. The average Bonchev–Trinajstić information content (AvgIpc) is 2.75. The summed E-state index contributed by atoms with van der Waals surface area (Å²) < 4.78 is 0. The number of anilines is 2. The fourth-order valence-electron chi connectivity index (χ4n) is 4.55. The lowest BCUT2D eigenvalue weighted by atomic mass is 9.87. The molecule has 9 heteroatoms. The van der Waals surface area contributed by atoms with E-state index >= 15 is 0 Å². The number of barbiturate groups is 1. The summed E-state index contributed by atoms with van der Waals surface area (Å²) in [5.41, 5.74) is 3.21. The Balaban J connectivity index is 1.80. The minimum atomic E-state index is -0.894. The molecule has 0 bridgehead atoms. The molecule has 0 aromatic heterocycles. The summed E-state index contributed by atoms with van der Waals surface area (Å²) in [6, 6.07) is 7.19. The molecule has 6 nitrogen and oxygen atoms in total. The van der Waals surface area contributed by atoms with Crippen LogP contribution in [0, 0.1) is 0 Å². The first-order valence-corrected chi connectivity index (χ1v) is 12.3. The van der Waals surface area contributed by atoms with Gasteiger partial charge in [-0.15, -0.1) is 0 Å². The quantitative estimate of drug-likeness (QED) is 0.350. The summed E-state index contributed by atoms with van der Waals surface area (Å²) in [6.45, 7) is 9.29. The van der Waals surface area contributed by atoms with Gasteiger partial charge in [0.1, 0.15) is 5.57 Å². The number of imide groups is 2. The van der Waals surface area contributed by atoms with E-state index in [0.29, 0.717) is 15.6 Å². The molecule has 0 aliphatic carbocycles. The maximum absolute atomic E-state index is 13.3. The van der Waals surface area contributed by atoms with Gasteiger partial charge in [0.15, 0.2) is 0 Å². The van der Waals surface area contributed by atoms with Crippen LogP contribution in [-0.4, -0.2) is 29.9 Å².